The Balaban J connectivity index is 2.11. The number of aryl methyl sites for hydroxylation is 1. The van der Waals surface area contributed by atoms with Crippen LogP contribution in [0.4, 0.5) is 8.78 Å². The molecule has 0 spiro atoms. The van der Waals surface area contributed by atoms with Gasteiger partial charge in [-0.3, -0.25) is 4.98 Å². The van der Waals surface area contributed by atoms with Crippen molar-refractivity contribution in [2.75, 3.05) is 0 Å². The molecule has 102 valence electrons. The molecule has 3 heterocycles. The van der Waals surface area contributed by atoms with E-state index in [0.29, 0.717) is 11.3 Å². The van der Waals surface area contributed by atoms with Crippen molar-refractivity contribution in [3.8, 4) is 17.1 Å². The second-order valence-electron chi connectivity index (χ2n) is 4.15. The summed E-state index contributed by atoms with van der Waals surface area (Å²) in [7, 11) is 0. The fraction of sp³-hybridized carbons (Fsp3) is 0.154. The lowest BCUT2D eigenvalue weighted by Crippen LogP contribution is -2.06. The Hall–Kier alpha value is -2.57. The molecule has 20 heavy (non-hydrogen) atoms. The second-order valence-corrected chi connectivity index (χ2v) is 4.15. The van der Waals surface area contributed by atoms with Crippen molar-refractivity contribution in [2.24, 2.45) is 0 Å². The summed E-state index contributed by atoms with van der Waals surface area (Å²) in [6.45, 7) is -1.04. The number of nitrogens with zero attached hydrogens (tertiary/aromatic N) is 4. The lowest BCUT2D eigenvalue weighted by molar-refractivity contribution is -0.0535. The molecule has 0 bridgehead atoms. The maximum atomic E-state index is 12.2. The van der Waals surface area contributed by atoms with Crippen LogP contribution >= 0.6 is 0 Å². The zero-order chi connectivity index (χ0) is 14.1. The van der Waals surface area contributed by atoms with Gasteiger partial charge in [0, 0.05) is 23.5 Å². The molecule has 0 fully saturated rings. The minimum absolute atomic E-state index is 0.155. The summed E-state index contributed by atoms with van der Waals surface area (Å²) < 4.78 is 30.2. The monoisotopic (exact) mass is 276 g/mol. The maximum absolute atomic E-state index is 12.2. The average molecular weight is 276 g/mol. The topological polar surface area (TPSA) is 52.3 Å². The summed E-state index contributed by atoms with van der Waals surface area (Å²) >= 11 is 0. The maximum Gasteiger partial charge on any atom is 0.388 e. The zero-order valence-electron chi connectivity index (χ0n) is 10.5. The van der Waals surface area contributed by atoms with E-state index < -0.39 is 6.61 Å². The van der Waals surface area contributed by atoms with Crippen LogP contribution in [0.15, 0.2) is 36.7 Å². The lowest BCUT2D eigenvalue weighted by Gasteiger charge is -2.05. The third kappa shape index (κ3) is 2.29. The van der Waals surface area contributed by atoms with E-state index in [1.54, 1.807) is 24.5 Å². The fourth-order valence-electron chi connectivity index (χ4n) is 1.91. The molecule has 0 unspecified atom stereocenters. The van der Waals surface area contributed by atoms with Crippen LogP contribution in [0.2, 0.25) is 0 Å². The second kappa shape index (κ2) is 4.84. The summed E-state index contributed by atoms with van der Waals surface area (Å²) in [6, 6.07) is 6.60. The highest BCUT2D eigenvalue weighted by molar-refractivity contribution is 5.63. The van der Waals surface area contributed by atoms with Gasteiger partial charge in [-0.05, 0) is 25.1 Å². The van der Waals surface area contributed by atoms with Crippen LogP contribution in [0.5, 0.6) is 5.88 Å². The van der Waals surface area contributed by atoms with Gasteiger partial charge in [0.25, 0.3) is 0 Å². The van der Waals surface area contributed by atoms with Crippen molar-refractivity contribution in [1.29, 1.82) is 0 Å². The zero-order valence-corrected chi connectivity index (χ0v) is 10.5. The van der Waals surface area contributed by atoms with E-state index in [1.807, 2.05) is 13.0 Å². The first-order valence-electron chi connectivity index (χ1n) is 5.86. The largest absolute Gasteiger partial charge is 0.415 e. The summed E-state index contributed by atoms with van der Waals surface area (Å²) in [6.07, 6.45) is 3.30. The highest BCUT2D eigenvalue weighted by Crippen LogP contribution is 2.21. The van der Waals surface area contributed by atoms with Crippen LogP contribution in [0.3, 0.4) is 0 Å². The summed E-state index contributed by atoms with van der Waals surface area (Å²) in [4.78, 5) is 8.29. The SMILES string of the molecule is Cc1cc(-c2cnc3ccc(OC(F)F)nn23)ccn1. The van der Waals surface area contributed by atoms with E-state index in [1.165, 1.54) is 10.6 Å². The van der Waals surface area contributed by atoms with Gasteiger partial charge in [-0.1, -0.05) is 0 Å². The molecule has 0 aromatic carbocycles. The number of aromatic nitrogens is 4. The molecule has 0 atom stereocenters. The fourth-order valence-corrected chi connectivity index (χ4v) is 1.91. The van der Waals surface area contributed by atoms with E-state index in [-0.39, 0.29) is 5.88 Å². The van der Waals surface area contributed by atoms with Gasteiger partial charge in [0.1, 0.15) is 0 Å². The van der Waals surface area contributed by atoms with Crippen molar-refractivity contribution < 1.29 is 13.5 Å². The molecule has 0 aliphatic heterocycles. The summed E-state index contributed by atoms with van der Waals surface area (Å²) in [5.41, 5.74) is 2.94. The Morgan fingerprint density at radius 3 is 2.80 bits per heavy atom. The number of ether oxygens (including phenoxy) is 1. The van der Waals surface area contributed by atoms with Gasteiger partial charge in [-0.25, -0.2) is 9.50 Å². The van der Waals surface area contributed by atoms with Crippen LogP contribution < -0.4 is 4.74 Å². The van der Waals surface area contributed by atoms with Gasteiger partial charge >= 0.3 is 6.61 Å². The van der Waals surface area contributed by atoms with Crippen LogP contribution in [-0.4, -0.2) is 26.2 Å². The molecular weight excluding hydrogens is 266 g/mol. The molecule has 7 heteroatoms. The molecule has 0 saturated heterocycles. The predicted octanol–water partition coefficient (Wildman–Crippen LogP) is 2.70. The Kier molecular flexibility index (Phi) is 3.02. The van der Waals surface area contributed by atoms with Crippen molar-refractivity contribution in [3.05, 3.63) is 42.4 Å². The normalized spacial score (nSPS) is 11.2. The van der Waals surface area contributed by atoms with E-state index in [9.17, 15) is 8.78 Å². The summed E-state index contributed by atoms with van der Waals surface area (Å²) in [5, 5.41) is 4.01. The average Bonchev–Trinajstić information content (AvgIpc) is 2.81. The van der Waals surface area contributed by atoms with E-state index in [0.717, 1.165) is 11.3 Å². The number of halogens is 2. The molecule has 0 saturated carbocycles. The highest BCUT2D eigenvalue weighted by atomic mass is 19.3. The van der Waals surface area contributed by atoms with Crippen molar-refractivity contribution in [2.45, 2.75) is 13.5 Å². The first-order valence-corrected chi connectivity index (χ1v) is 5.86. The highest BCUT2D eigenvalue weighted by Gasteiger charge is 2.11. The van der Waals surface area contributed by atoms with Gasteiger partial charge in [0.15, 0.2) is 5.65 Å². The number of pyridine rings is 1. The molecule has 3 aromatic rings. The van der Waals surface area contributed by atoms with Crippen molar-refractivity contribution in [1.82, 2.24) is 19.6 Å². The van der Waals surface area contributed by atoms with Gasteiger partial charge in [0.2, 0.25) is 5.88 Å². The standard InChI is InChI=1S/C13H10F2N4O/c1-8-6-9(4-5-16-8)10-7-17-11-2-3-12(18-19(10)11)20-13(14)15/h2-7,13H,1H3. The van der Waals surface area contributed by atoms with Crippen LogP contribution in [0, 0.1) is 6.92 Å². The molecular formula is C13H10F2N4O. The van der Waals surface area contributed by atoms with E-state index in [4.69, 9.17) is 0 Å². The molecule has 0 radical (unpaired) electrons. The molecule has 0 N–H and O–H groups in total. The Morgan fingerprint density at radius 1 is 1.20 bits per heavy atom. The van der Waals surface area contributed by atoms with Gasteiger partial charge in [-0.15, -0.1) is 5.10 Å². The first kappa shape index (κ1) is 12.5. The Bertz CT molecular complexity index is 757. The minimum Gasteiger partial charge on any atom is -0.415 e. The van der Waals surface area contributed by atoms with Crippen molar-refractivity contribution in [3.63, 3.8) is 0 Å². The quantitative estimate of drug-likeness (QED) is 0.738. The van der Waals surface area contributed by atoms with Gasteiger partial charge in [-0.2, -0.15) is 8.78 Å². The van der Waals surface area contributed by atoms with Crippen LogP contribution in [0.25, 0.3) is 16.9 Å². The van der Waals surface area contributed by atoms with Crippen LogP contribution in [-0.2, 0) is 0 Å². The number of rotatable bonds is 3. The number of hydrogen-bond acceptors (Lipinski definition) is 4. The molecule has 3 rings (SSSR count). The first-order chi connectivity index (χ1) is 9.63. The lowest BCUT2D eigenvalue weighted by atomic mass is 10.2. The Morgan fingerprint density at radius 2 is 2.05 bits per heavy atom. The minimum atomic E-state index is -2.91. The number of hydrogen-bond donors (Lipinski definition) is 0. The van der Waals surface area contributed by atoms with Gasteiger partial charge in [0.05, 0.1) is 11.9 Å². The van der Waals surface area contributed by atoms with Gasteiger partial charge < -0.3 is 4.74 Å². The van der Waals surface area contributed by atoms with E-state index >= 15 is 0 Å². The third-order valence-corrected chi connectivity index (χ3v) is 2.74. The third-order valence-electron chi connectivity index (χ3n) is 2.74. The van der Waals surface area contributed by atoms with E-state index in [2.05, 4.69) is 19.8 Å². The number of fused-ring (bicyclic) bond motifs is 1. The smallest absolute Gasteiger partial charge is 0.388 e. The van der Waals surface area contributed by atoms with Crippen molar-refractivity contribution >= 4 is 5.65 Å². The molecule has 3 aromatic heterocycles. The summed E-state index contributed by atoms with van der Waals surface area (Å²) in [5.74, 6) is -0.155. The number of imidazole rings is 1. The van der Waals surface area contributed by atoms with Crippen LogP contribution in [0.1, 0.15) is 5.69 Å². The molecule has 0 aliphatic rings. The number of alkyl halides is 2. The predicted molar refractivity (Wildman–Crippen MR) is 67.6 cm³/mol. The molecule has 0 amide bonds. The molecule has 0 aliphatic carbocycles. The molecule has 5 nitrogen and oxygen atoms in total. The Labute approximate surface area is 112 Å².